The average molecular weight is 1210 g/mol. The van der Waals surface area contributed by atoms with E-state index in [1.54, 1.807) is 13.8 Å². The highest BCUT2D eigenvalue weighted by Crippen LogP contribution is 2.37. The van der Waals surface area contributed by atoms with Crippen LogP contribution < -0.4 is 17.0 Å². The van der Waals surface area contributed by atoms with Crippen LogP contribution >= 0.6 is 0 Å². The van der Waals surface area contributed by atoms with Gasteiger partial charge in [0.25, 0.3) is 5.56 Å². The lowest BCUT2D eigenvalue weighted by atomic mass is 9.96. The third kappa shape index (κ3) is 20.3. The number of H-pyrrole nitrogens is 1. The number of hydrogen-bond donors (Lipinski definition) is 6. The van der Waals surface area contributed by atoms with Gasteiger partial charge < -0.3 is 78.4 Å². The van der Waals surface area contributed by atoms with Gasteiger partial charge in [0.2, 0.25) is 12.2 Å². The van der Waals surface area contributed by atoms with Crippen LogP contribution in [0.25, 0.3) is 0 Å². The van der Waals surface area contributed by atoms with Gasteiger partial charge in [-0.3, -0.25) is 48.0 Å². The Labute approximate surface area is 493 Å². The number of carboxylic acid groups (broad SMARTS) is 2. The first-order chi connectivity index (χ1) is 40.5. The summed E-state index contributed by atoms with van der Waals surface area (Å²) in [5, 5.41) is 42.0. The Morgan fingerprint density at radius 1 is 0.788 bits per heavy atom. The Morgan fingerprint density at radius 3 is 2.09 bits per heavy atom. The molecule has 4 aliphatic rings. The summed E-state index contributed by atoms with van der Waals surface area (Å²) < 4.78 is 59.8. The van der Waals surface area contributed by atoms with E-state index in [0.29, 0.717) is 25.7 Å². The molecule has 4 aliphatic heterocycles. The molecule has 4 fully saturated rings. The summed E-state index contributed by atoms with van der Waals surface area (Å²) in [5.41, 5.74) is 4.29. The summed E-state index contributed by atoms with van der Waals surface area (Å²) >= 11 is 0. The van der Waals surface area contributed by atoms with Gasteiger partial charge in [0, 0.05) is 72.3 Å². The number of ether oxygens (including phenoxy) is 10. The van der Waals surface area contributed by atoms with Crippen molar-refractivity contribution in [1.29, 1.82) is 0 Å². The second-order valence-electron chi connectivity index (χ2n) is 21.9. The van der Waals surface area contributed by atoms with E-state index in [9.17, 15) is 58.5 Å². The van der Waals surface area contributed by atoms with Crippen LogP contribution in [0.4, 0.5) is 0 Å². The van der Waals surface area contributed by atoms with Crippen LogP contribution in [-0.4, -0.2) is 215 Å². The first-order valence-corrected chi connectivity index (χ1v) is 29.1. The van der Waals surface area contributed by atoms with Crippen molar-refractivity contribution in [2.24, 2.45) is 11.7 Å². The topological polar surface area (TPSA) is 380 Å². The SMILES string of the molecule is CCCCC/C=C/C/C=C/CCCC(CC(=O)OC1CN(C)C(C(OC2CC(O)C(CN)O2)C2OC(n3ccc(=O)[nH]c3=O)CC2O)C(=O)N(C)C1C(=O)O)OC(=O)CC(C)CC(=O)OC1OC(CC)C(OC)C(OC(=O)CCC(=O)O)C1OC. The number of aliphatic hydroxyl groups is 2. The number of esters is 4. The lowest BCUT2D eigenvalue weighted by Gasteiger charge is -2.44. The number of carbonyl (C=O) groups is 7. The molecule has 0 radical (unpaired) electrons. The number of methoxy groups -OCH3 is 2. The molecule has 0 bridgehead atoms. The molecule has 1 aromatic rings. The quantitative estimate of drug-likeness (QED) is 0.0252. The summed E-state index contributed by atoms with van der Waals surface area (Å²) in [6.45, 7) is 4.98. The summed E-state index contributed by atoms with van der Waals surface area (Å²) in [6, 6.07) is -2.22. The minimum Gasteiger partial charge on any atom is -0.481 e. The maximum atomic E-state index is 14.7. The zero-order valence-electron chi connectivity index (χ0n) is 49.5. The van der Waals surface area contributed by atoms with Gasteiger partial charge in [-0.25, -0.2) is 9.59 Å². The van der Waals surface area contributed by atoms with Crippen LogP contribution in [0.5, 0.6) is 0 Å². The molecule has 5 heterocycles. The number of nitrogens with zero attached hydrogens (tertiary/aromatic N) is 3. The highest BCUT2D eigenvalue weighted by atomic mass is 16.7. The number of aliphatic hydroxyl groups excluding tert-OH is 2. The van der Waals surface area contributed by atoms with Crippen LogP contribution in [0, 0.1) is 5.92 Å². The molecule has 0 spiro atoms. The molecule has 28 heteroatoms. The smallest absolute Gasteiger partial charge is 0.330 e. The van der Waals surface area contributed by atoms with Crippen molar-refractivity contribution in [2.75, 3.05) is 41.4 Å². The fourth-order valence-electron chi connectivity index (χ4n) is 10.9. The number of nitrogens with two attached hydrogens (primary N) is 1. The standard InChI is InChI=1S/C57H87N5O23/c1-8-10-11-12-13-14-15-16-17-18-19-20-33(78-43(69)25-32(3)26-44(70)84-56-53(77-7)52(50(76-6)36(9-2)81-56)83-42(68)22-21-41(66)67)27-45(71)79-38-31-60(4)48(54(72)61(5)47(38)55(73)74)51(85-46-29-34(63)37(30-58)80-46)49-35(64)28-40(82-49)62-24-23-39(65)59-57(62)75/h13-14,16-17,23-24,32-38,40,46-53,56,63-64H,8-12,15,18-22,25-31,58H2,1-7H3,(H,66,67)(H,73,74)(H,59,65,75)/b14-13+,17-16+. The summed E-state index contributed by atoms with van der Waals surface area (Å²) in [5.74, 6) is -7.75. The Hall–Kier alpha value is -5.95. The largest absolute Gasteiger partial charge is 0.481 e. The third-order valence-corrected chi connectivity index (χ3v) is 15.3. The summed E-state index contributed by atoms with van der Waals surface area (Å²) in [4.78, 5) is 122. The molecule has 17 atom stereocenters. The van der Waals surface area contributed by atoms with E-state index in [-0.39, 0.29) is 38.6 Å². The number of allylic oxidation sites excluding steroid dienone is 4. The molecular formula is C57H87N5O23. The monoisotopic (exact) mass is 1210 g/mol. The van der Waals surface area contributed by atoms with Gasteiger partial charge in [-0.15, -0.1) is 0 Å². The molecule has 17 unspecified atom stereocenters. The van der Waals surface area contributed by atoms with E-state index in [0.717, 1.165) is 41.2 Å². The normalized spacial score (nSPS) is 29.3. The van der Waals surface area contributed by atoms with Crippen LogP contribution in [0.1, 0.15) is 130 Å². The molecule has 0 aromatic carbocycles. The number of amides is 1. The van der Waals surface area contributed by atoms with Crippen molar-refractivity contribution in [3.8, 4) is 0 Å². The summed E-state index contributed by atoms with van der Waals surface area (Å²) in [7, 11) is 5.27. The molecule has 7 N–H and O–H groups in total. The Kier molecular flexibility index (Phi) is 28.3. The predicted molar refractivity (Wildman–Crippen MR) is 297 cm³/mol. The van der Waals surface area contributed by atoms with Gasteiger partial charge in [0.05, 0.1) is 43.7 Å². The lowest BCUT2D eigenvalue weighted by molar-refractivity contribution is -0.299. The van der Waals surface area contributed by atoms with Crippen LogP contribution in [0.15, 0.2) is 46.2 Å². The van der Waals surface area contributed by atoms with Crippen molar-refractivity contribution in [3.63, 3.8) is 0 Å². The number of carboxylic acids is 2. The van der Waals surface area contributed by atoms with Gasteiger partial charge in [0.1, 0.15) is 42.8 Å². The van der Waals surface area contributed by atoms with Gasteiger partial charge in [-0.1, -0.05) is 57.9 Å². The number of carbonyl (C=O) groups excluding carboxylic acids is 5. The van der Waals surface area contributed by atoms with Crippen molar-refractivity contribution < 1.29 is 101 Å². The molecule has 0 saturated carbocycles. The fraction of sp³-hybridized carbons (Fsp3) is 0.737. The molecule has 1 aromatic heterocycles. The van der Waals surface area contributed by atoms with Gasteiger partial charge in [-0.2, -0.15) is 0 Å². The van der Waals surface area contributed by atoms with Crippen molar-refractivity contribution in [1.82, 2.24) is 19.4 Å². The molecule has 0 aliphatic carbocycles. The molecule has 28 nitrogen and oxygen atoms in total. The third-order valence-electron chi connectivity index (χ3n) is 15.3. The van der Waals surface area contributed by atoms with Crippen molar-refractivity contribution in [3.05, 3.63) is 57.4 Å². The summed E-state index contributed by atoms with van der Waals surface area (Å²) in [6.07, 6.45) is -3.35. The number of likely N-dealkylation sites (N-methyl/N-ethyl adjacent to an activating group) is 2. The Bertz CT molecular complexity index is 2540. The highest BCUT2D eigenvalue weighted by molar-refractivity contribution is 5.89. The zero-order valence-corrected chi connectivity index (χ0v) is 49.5. The van der Waals surface area contributed by atoms with Crippen LogP contribution in [0.3, 0.4) is 0 Å². The number of nitrogens with one attached hydrogen (secondary N) is 1. The van der Waals surface area contributed by atoms with Crippen molar-refractivity contribution in [2.45, 2.75) is 222 Å². The first kappa shape index (κ1) is 69.8. The van der Waals surface area contributed by atoms with Gasteiger partial charge in [-0.05, 0) is 57.9 Å². The van der Waals surface area contributed by atoms with E-state index in [2.05, 4.69) is 24.1 Å². The molecular weight excluding hydrogens is 1120 g/mol. The number of aliphatic carboxylic acids is 2. The average Bonchev–Trinajstić information content (AvgIpc) is 3.86. The van der Waals surface area contributed by atoms with E-state index in [1.165, 1.54) is 39.4 Å². The van der Waals surface area contributed by atoms with Gasteiger partial charge in [0.15, 0.2) is 24.5 Å². The maximum absolute atomic E-state index is 14.7. The second-order valence-corrected chi connectivity index (χ2v) is 21.9. The van der Waals surface area contributed by atoms with Crippen LogP contribution in [-0.2, 0) is 80.9 Å². The Balaban J connectivity index is 1.31. The van der Waals surface area contributed by atoms with Crippen LogP contribution in [0.2, 0.25) is 0 Å². The highest BCUT2D eigenvalue weighted by Gasteiger charge is 2.55. The number of aromatic amines is 1. The number of hydrogen-bond acceptors (Lipinski definition) is 23. The van der Waals surface area contributed by atoms with E-state index in [1.807, 2.05) is 12.2 Å². The predicted octanol–water partition coefficient (Wildman–Crippen LogP) is 1.60. The minimum atomic E-state index is -1.80. The second kappa shape index (κ2) is 34.4. The molecule has 85 heavy (non-hydrogen) atoms. The first-order valence-electron chi connectivity index (χ1n) is 29.1. The van der Waals surface area contributed by atoms with Gasteiger partial charge >= 0.3 is 41.5 Å². The number of aromatic nitrogens is 2. The number of rotatable bonds is 33. The number of unbranched alkanes of at least 4 members (excludes halogenated alkanes) is 4. The van der Waals surface area contributed by atoms with Crippen molar-refractivity contribution >= 4 is 41.7 Å². The molecule has 1 amide bonds. The molecule has 5 rings (SSSR count). The van der Waals surface area contributed by atoms with E-state index >= 15 is 0 Å². The lowest BCUT2D eigenvalue weighted by Crippen LogP contribution is -2.61. The zero-order chi connectivity index (χ0) is 62.5. The van der Waals surface area contributed by atoms with E-state index < -0.39 is 183 Å². The minimum absolute atomic E-state index is 0.0952. The maximum Gasteiger partial charge on any atom is 0.330 e. The fourth-order valence-corrected chi connectivity index (χ4v) is 10.9. The molecule has 478 valence electrons. The Morgan fingerprint density at radius 2 is 1.47 bits per heavy atom. The van der Waals surface area contributed by atoms with E-state index in [4.69, 9.17) is 58.2 Å². The molecule has 4 saturated heterocycles.